The number of carbonyl (C=O) groups is 1. The zero-order valence-corrected chi connectivity index (χ0v) is 13.3. The first kappa shape index (κ1) is 17.1. The number of carbonyl (C=O) groups excluding carboxylic acids is 1. The molecule has 0 heterocycles. The first-order valence-corrected chi connectivity index (χ1v) is 6.85. The van der Waals surface area contributed by atoms with Crippen molar-refractivity contribution in [1.82, 2.24) is 10.6 Å². The normalized spacial score (nSPS) is 10.4. The molecule has 0 atom stereocenters. The molecule has 0 fully saturated rings. The minimum Gasteiger partial charge on any atom is -0.493 e. The van der Waals surface area contributed by atoms with Gasteiger partial charge in [0.2, 0.25) is 5.75 Å². The third kappa shape index (κ3) is 4.53. The van der Waals surface area contributed by atoms with E-state index < -0.39 is 0 Å². The first-order chi connectivity index (χ1) is 10.0. The average molecular weight is 296 g/mol. The number of hydrogen-bond donors (Lipinski definition) is 2. The van der Waals surface area contributed by atoms with Gasteiger partial charge in [0.25, 0.3) is 5.91 Å². The van der Waals surface area contributed by atoms with Crippen LogP contribution in [0.5, 0.6) is 17.2 Å². The highest BCUT2D eigenvalue weighted by molar-refractivity contribution is 5.98. The Morgan fingerprint density at radius 2 is 1.71 bits per heavy atom. The SMILES string of the molecule is COc1ccc(C(=O)NCCNC(C)C)c(OC)c1OC. The molecule has 0 radical (unpaired) electrons. The van der Waals surface area contributed by atoms with E-state index in [-0.39, 0.29) is 5.91 Å². The zero-order chi connectivity index (χ0) is 15.8. The molecule has 21 heavy (non-hydrogen) atoms. The van der Waals surface area contributed by atoms with E-state index in [1.807, 2.05) is 0 Å². The van der Waals surface area contributed by atoms with Crippen molar-refractivity contribution in [3.05, 3.63) is 17.7 Å². The summed E-state index contributed by atoms with van der Waals surface area (Å²) in [6, 6.07) is 3.73. The van der Waals surface area contributed by atoms with Gasteiger partial charge in [0.05, 0.1) is 26.9 Å². The van der Waals surface area contributed by atoms with Crippen LogP contribution in [0.25, 0.3) is 0 Å². The number of methoxy groups -OCH3 is 3. The molecule has 1 aromatic carbocycles. The average Bonchev–Trinajstić information content (AvgIpc) is 2.49. The monoisotopic (exact) mass is 296 g/mol. The Balaban J connectivity index is 2.84. The summed E-state index contributed by atoms with van der Waals surface area (Å²) in [5.74, 6) is 1.09. The highest BCUT2D eigenvalue weighted by atomic mass is 16.5. The Morgan fingerprint density at radius 3 is 2.24 bits per heavy atom. The van der Waals surface area contributed by atoms with Crippen molar-refractivity contribution in [3.63, 3.8) is 0 Å². The van der Waals surface area contributed by atoms with Crippen LogP contribution in [-0.2, 0) is 0 Å². The van der Waals surface area contributed by atoms with Gasteiger partial charge in [0.1, 0.15) is 0 Å². The smallest absolute Gasteiger partial charge is 0.255 e. The number of benzene rings is 1. The molecule has 1 aromatic rings. The van der Waals surface area contributed by atoms with E-state index in [1.54, 1.807) is 12.1 Å². The molecule has 0 aliphatic heterocycles. The Morgan fingerprint density at radius 1 is 1.05 bits per heavy atom. The van der Waals surface area contributed by atoms with Crippen LogP contribution in [0.1, 0.15) is 24.2 Å². The fourth-order valence-electron chi connectivity index (χ4n) is 1.91. The van der Waals surface area contributed by atoms with Crippen molar-refractivity contribution in [2.75, 3.05) is 34.4 Å². The van der Waals surface area contributed by atoms with Gasteiger partial charge in [-0.05, 0) is 12.1 Å². The van der Waals surface area contributed by atoms with Crippen molar-refractivity contribution in [2.45, 2.75) is 19.9 Å². The van der Waals surface area contributed by atoms with E-state index in [1.165, 1.54) is 21.3 Å². The summed E-state index contributed by atoms with van der Waals surface area (Å²) >= 11 is 0. The summed E-state index contributed by atoms with van der Waals surface area (Å²) < 4.78 is 15.7. The number of nitrogens with one attached hydrogen (secondary N) is 2. The molecule has 0 saturated carbocycles. The first-order valence-electron chi connectivity index (χ1n) is 6.85. The van der Waals surface area contributed by atoms with Gasteiger partial charge in [0, 0.05) is 19.1 Å². The van der Waals surface area contributed by atoms with Crippen LogP contribution < -0.4 is 24.8 Å². The minimum atomic E-state index is -0.210. The second kappa shape index (κ2) is 8.36. The Bertz CT molecular complexity index is 475. The van der Waals surface area contributed by atoms with Gasteiger partial charge < -0.3 is 24.8 Å². The number of rotatable bonds is 8. The van der Waals surface area contributed by atoms with E-state index >= 15 is 0 Å². The molecule has 6 nitrogen and oxygen atoms in total. The van der Waals surface area contributed by atoms with Crippen molar-refractivity contribution in [3.8, 4) is 17.2 Å². The number of hydrogen-bond acceptors (Lipinski definition) is 5. The third-order valence-electron chi connectivity index (χ3n) is 2.91. The van der Waals surface area contributed by atoms with E-state index in [0.717, 1.165) is 0 Å². The summed E-state index contributed by atoms with van der Waals surface area (Å²) in [7, 11) is 4.54. The highest BCUT2D eigenvalue weighted by Gasteiger charge is 2.20. The van der Waals surface area contributed by atoms with Crippen molar-refractivity contribution in [1.29, 1.82) is 0 Å². The summed E-state index contributed by atoms with van der Waals surface area (Å²) in [5.41, 5.74) is 0.416. The summed E-state index contributed by atoms with van der Waals surface area (Å²) in [6.45, 7) is 5.35. The fraction of sp³-hybridized carbons (Fsp3) is 0.533. The molecule has 0 aromatic heterocycles. The van der Waals surface area contributed by atoms with E-state index in [9.17, 15) is 4.79 Å². The molecule has 118 valence electrons. The molecular formula is C15H24N2O4. The van der Waals surface area contributed by atoms with Crippen LogP contribution in [-0.4, -0.2) is 46.4 Å². The molecule has 0 spiro atoms. The lowest BCUT2D eigenvalue weighted by Crippen LogP contribution is -2.34. The zero-order valence-electron chi connectivity index (χ0n) is 13.3. The van der Waals surface area contributed by atoms with Crippen LogP contribution in [0.15, 0.2) is 12.1 Å². The number of amides is 1. The molecule has 0 bridgehead atoms. The van der Waals surface area contributed by atoms with Crippen LogP contribution in [0.3, 0.4) is 0 Å². The molecule has 2 N–H and O–H groups in total. The molecule has 0 aliphatic carbocycles. The van der Waals surface area contributed by atoms with Crippen LogP contribution in [0.2, 0.25) is 0 Å². The van der Waals surface area contributed by atoms with Gasteiger partial charge in [-0.1, -0.05) is 13.8 Å². The lowest BCUT2D eigenvalue weighted by atomic mass is 10.1. The number of ether oxygens (including phenoxy) is 3. The largest absolute Gasteiger partial charge is 0.493 e. The predicted molar refractivity (Wildman–Crippen MR) is 81.6 cm³/mol. The van der Waals surface area contributed by atoms with Crippen LogP contribution >= 0.6 is 0 Å². The minimum absolute atomic E-state index is 0.210. The quantitative estimate of drug-likeness (QED) is 0.711. The van der Waals surface area contributed by atoms with Gasteiger partial charge >= 0.3 is 0 Å². The Hall–Kier alpha value is -1.95. The van der Waals surface area contributed by atoms with Gasteiger partial charge in [-0.2, -0.15) is 0 Å². The highest BCUT2D eigenvalue weighted by Crippen LogP contribution is 2.39. The van der Waals surface area contributed by atoms with Crippen molar-refractivity contribution in [2.24, 2.45) is 0 Å². The standard InChI is InChI=1S/C15H24N2O4/c1-10(2)16-8-9-17-15(18)11-6-7-12(19-3)14(21-5)13(11)20-4/h6-7,10,16H,8-9H2,1-5H3,(H,17,18). The molecule has 0 saturated heterocycles. The van der Waals surface area contributed by atoms with Gasteiger partial charge in [-0.15, -0.1) is 0 Å². The lowest BCUT2D eigenvalue weighted by molar-refractivity contribution is 0.0950. The molecule has 0 unspecified atom stereocenters. The summed E-state index contributed by atoms with van der Waals surface area (Å²) in [4.78, 5) is 12.2. The van der Waals surface area contributed by atoms with Crippen LogP contribution in [0, 0.1) is 0 Å². The molecule has 1 amide bonds. The van der Waals surface area contributed by atoms with E-state index in [2.05, 4.69) is 24.5 Å². The fourth-order valence-corrected chi connectivity index (χ4v) is 1.91. The molecule has 6 heteroatoms. The predicted octanol–water partition coefficient (Wildman–Crippen LogP) is 1.44. The van der Waals surface area contributed by atoms with Crippen molar-refractivity contribution >= 4 is 5.91 Å². The van der Waals surface area contributed by atoms with E-state index in [0.29, 0.717) is 41.9 Å². The second-order valence-electron chi connectivity index (χ2n) is 4.75. The molecule has 1 rings (SSSR count). The second-order valence-corrected chi connectivity index (χ2v) is 4.75. The van der Waals surface area contributed by atoms with Gasteiger partial charge in [-0.25, -0.2) is 0 Å². The Labute approximate surface area is 125 Å². The maximum atomic E-state index is 12.2. The van der Waals surface area contributed by atoms with Gasteiger partial charge in [-0.3, -0.25) is 4.79 Å². The van der Waals surface area contributed by atoms with Crippen molar-refractivity contribution < 1.29 is 19.0 Å². The van der Waals surface area contributed by atoms with E-state index in [4.69, 9.17) is 14.2 Å². The third-order valence-corrected chi connectivity index (χ3v) is 2.91. The maximum absolute atomic E-state index is 12.2. The maximum Gasteiger partial charge on any atom is 0.255 e. The Kier molecular flexibility index (Phi) is 6.81. The van der Waals surface area contributed by atoms with Gasteiger partial charge in [0.15, 0.2) is 11.5 Å². The molecular weight excluding hydrogens is 272 g/mol. The topological polar surface area (TPSA) is 68.8 Å². The lowest BCUT2D eigenvalue weighted by Gasteiger charge is -2.15. The summed E-state index contributed by atoms with van der Waals surface area (Å²) in [6.07, 6.45) is 0. The molecule has 0 aliphatic rings. The van der Waals surface area contributed by atoms with Crippen LogP contribution in [0.4, 0.5) is 0 Å². The summed E-state index contributed by atoms with van der Waals surface area (Å²) in [5, 5.41) is 6.07.